The van der Waals surface area contributed by atoms with Gasteiger partial charge in [-0.1, -0.05) is 54.2 Å². The number of hydrogen-bond acceptors (Lipinski definition) is 9. The number of nitrogens with one attached hydrogen (secondary N) is 2. The van der Waals surface area contributed by atoms with Crippen LogP contribution in [0.15, 0.2) is 116 Å². The van der Waals surface area contributed by atoms with Crippen molar-refractivity contribution in [3.63, 3.8) is 0 Å². The number of hydrogen-bond donors (Lipinski definition) is 2. The number of rotatable bonds is 7. The molecule has 0 bridgehead atoms. The van der Waals surface area contributed by atoms with E-state index in [-0.39, 0.29) is 17.5 Å². The van der Waals surface area contributed by atoms with E-state index in [1.54, 1.807) is 54.6 Å². The van der Waals surface area contributed by atoms with Gasteiger partial charge in [0.15, 0.2) is 9.51 Å². The van der Waals surface area contributed by atoms with Gasteiger partial charge in [-0.15, -0.1) is 11.3 Å². The van der Waals surface area contributed by atoms with Gasteiger partial charge < -0.3 is 10.6 Å². The largest absolute Gasteiger partial charge is 0.322 e. The Morgan fingerprint density at radius 3 is 2.52 bits per heavy atom. The Bertz CT molecular complexity index is 1910. The molecule has 0 aliphatic carbocycles. The first-order valence-corrected chi connectivity index (χ1v) is 14.9. The van der Waals surface area contributed by atoms with Crippen molar-refractivity contribution in [1.82, 2.24) is 10.3 Å². The summed E-state index contributed by atoms with van der Waals surface area (Å²) in [5.41, 5.74) is 3.05. The van der Waals surface area contributed by atoms with E-state index in [1.165, 1.54) is 40.9 Å². The first-order chi connectivity index (χ1) is 20.4. The lowest BCUT2D eigenvalue weighted by molar-refractivity contribution is -0.387. The summed E-state index contributed by atoms with van der Waals surface area (Å²) in [6, 6.07) is 28.4. The van der Waals surface area contributed by atoms with Crippen LogP contribution in [0, 0.1) is 10.1 Å². The van der Waals surface area contributed by atoms with E-state index in [1.807, 2.05) is 42.5 Å². The number of carbonyl (C=O) groups excluding carboxylic acids is 2. The third-order valence-corrected chi connectivity index (χ3v) is 9.03. The summed E-state index contributed by atoms with van der Waals surface area (Å²) in [7, 11) is 0. The number of thioether (sulfide) groups is 1. The number of fused-ring (bicyclic) bond motifs is 1. The maximum Gasteiger partial charge on any atom is 0.283 e. The first kappa shape index (κ1) is 27.4. The van der Waals surface area contributed by atoms with Gasteiger partial charge in [-0.25, -0.2) is 9.98 Å². The predicted molar refractivity (Wildman–Crippen MR) is 168 cm³/mol. The Hall–Kier alpha value is -4.78. The van der Waals surface area contributed by atoms with Crippen LogP contribution in [0.5, 0.6) is 0 Å². The summed E-state index contributed by atoms with van der Waals surface area (Å²) in [6.07, 6.45) is 1.61. The molecule has 1 aliphatic heterocycles. The molecule has 1 saturated heterocycles. The molecule has 2 amide bonds. The molecule has 0 unspecified atom stereocenters. The Labute approximate surface area is 251 Å². The number of amides is 2. The number of benzene rings is 4. The van der Waals surface area contributed by atoms with Crippen LogP contribution in [-0.4, -0.2) is 26.9 Å². The summed E-state index contributed by atoms with van der Waals surface area (Å²) >= 11 is 3.75. The van der Waals surface area contributed by atoms with Crippen LogP contribution in [0.1, 0.15) is 15.9 Å². The van der Waals surface area contributed by atoms with Gasteiger partial charge in [-0.2, -0.15) is 0 Å². The predicted octanol–water partition coefficient (Wildman–Crippen LogP) is 7.50. The van der Waals surface area contributed by atoms with Crippen LogP contribution in [-0.2, 0) is 4.79 Å². The molecule has 42 heavy (non-hydrogen) atoms. The summed E-state index contributed by atoms with van der Waals surface area (Å²) in [5.74, 6) is -0.530. The summed E-state index contributed by atoms with van der Waals surface area (Å²) in [4.78, 5) is 46.4. The van der Waals surface area contributed by atoms with Gasteiger partial charge in [0.05, 0.1) is 30.6 Å². The van der Waals surface area contributed by atoms with E-state index >= 15 is 0 Å². The van der Waals surface area contributed by atoms with Gasteiger partial charge in [-0.3, -0.25) is 19.7 Å². The number of anilines is 1. The van der Waals surface area contributed by atoms with E-state index in [9.17, 15) is 19.7 Å². The van der Waals surface area contributed by atoms with Crippen molar-refractivity contribution in [2.24, 2.45) is 4.99 Å². The normalized spacial score (nSPS) is 14.8. The highest BCUT2D eigenvalue weighted by Crippen LogP contribution is 2.40. The van der Waals surface area contributed by atoms with Crippen molar-refractivity contribution < 1.29 is 14.5 Å². The molecule has 0 spiro atoms. The van der Waals surface area contributed by atoms with Gasteiger partial charge in [0.25, 0.3) is 17.5 Å². The maximum atomic E-state index is 12.5. The fourth-order valence-electron chi connectivity index (χ4n) is 4.02. The molecule has 2 heterocycles. The number of aromatic nitrogens is 1. The lowest BCUT2D eigenvalue weighted by atomic mass is 10.2. The molecule has 6 rings (SSSR count). The molecule has 4 aromatic carbocycles. The molecule has 206 valence electrons. The van der Waals surface area contributed by atoms with Crippen molar-refractivity contribution in [2.75, 3.05) is 5.32 Å². The van der Waals surface area contributed by atoms with Gasteiger partial charge in [0, 0.05) is 17.3 Å². The molecule has 0 radical (unpaired) electrons. The topological polar surface area (TPSA) is 127 Å². The molecule has 1 fully saturated rings. The average Bonchev–Trinajstić information content (AvgIpc) is 3.55. The fraction of sp³-hybridized carbons (Fsp3) is 0. The second kappa shape index (κ2) is 12.0. The van der Waals surface area contributed by atoms with Crippen LogP contribution in [0.25, 0.3) is 16.3 Å². The highest BCUT2D eigenvalue weighted by molar-refractivity contribution is 8.18. The Morgan fingerprint density at radius 1 is 1.00 bits per heavy atom. The Morgan fingerprint density at radius 2 is 1.76 bits per heavy atom. The van der Waals surface area contributed by atoms with Crippen molar-refractivity contribution in [3.8, 4) is 0 Å². The van der Waals surface area contributed by atoms with Gasteiger partial charge in [0.2, 0.25) is 0 Å². The zero-order valence-electron chi connectivity index (χ0n) is 21.5. The number of nitrogens with zero attached hydrogens (tertiary/aromatic N) is 3. The number of nitro groups is 1. The first-order valence-electron chi connectivity index (χ1n) is 12.5. The van der Waals surface area contributed by atoms with E-state index in [0.717, 1.165) is 10.2 Å². The molecule has 2 N–H and O–H groups in total. The second-order valence-corrected chi connectivity index (χ2v) is 12.2. The SMILES string of the molecule is O=C1NC(=Nc2ccccc2)S/C1=C\c1ccc(Sc2nc3ccc(NC(=O)c4ccccc4)cc3s2)c([N+](=O)[O-])c1. The van der Waals surface area contributed by atoms with E-state index in [2.05, 4.69) is 20.6 Å². The van der Waals surface area contributed by atoms with Crippen molar-refractivity contribution in [3.05, 3.63) is 123 Å². The molecule has 0 atom stereocenters. The second-order valence-electron chi connectivity index (χ2n) is 8.89. The molecule has 0 saturated carbocycles. The van der Waals surface area contributed by atoms with Gasteiger partial charge in [-0.05, 0) is 71.9 Å². The number of amidine groups is 1. The molecule has 12 heteroatoms. The number of aliphatic imine (C=N–C) groups is 1. The summed E-state index contributed by atoms with van der Waals surface area (Å²) in [5, 5.41) is 18.0. The van der Waals surface area contributed by atoms with Crippen LogP contribution < -0.4 is 10.6 Å². The van der Waals surface area contributed by atoms with Crippen LogP contribution in [0.2, 0.25) is 0 Å². The minimum absolute atomic E-state index is 0.0917. The minimum atomic E-state index is -0.445. The van der Waals surface area contributed by atoms with Gasteiger partial charge >= 0.3 is 0 Å². The molecule has 5 aromatic rings. The lowest BCUT2D eigenvalue weighted by Gasteiger charge is -2.04. The number of para-hydroxylation sites is 1. The number of nitro benzene ring substituents is 1. The molecule has 1 aliphatic rings. The fourth-order valence-corrected chi connectivity index (χ4v) is 7.01. The number of carbonyl (C=O) groups is 2. The molecule has 1 aromatic heterocycles. The zero-order valence-corrected chi connectivity index (χ0v) is 24.0. The monoisotopic (exact) mass is 609 g/mol. The standard InChI is InChI=1S/C30H19N5O4S3/c36-27(19-7-3-1-4-8-19)31-21-12-13-22-25(17-21)42-30(33-22)41-24-14-11-18(15-23(24)35(38)39)16-26-28(37)34-29(40-26)32-20-9-5-2-6-10-20/h1-17H,(H,31,36)(H,32,34,37)/b26-16-. The summed E-state index contributed by atoms with van der Waals surface area (Å²) < 4.78 is 1.46. The molecular formula is C30H19N5O4S3. The van der Waals surface area contributed by atoms with Crippen LogP contribution in [0.3, 0.4) is 0 Å². The molecular weight excluding hydrogens is 591 g/mol. The average molecular weight is 610 g/mol. The third kappa shape index (κ3) is 6.25. The van der Waals surface area contributed by atoms with Crippen LogP contribution >= 0.6 is 34.9 Å². The third-order valence-electron chi connectivity index (χ3n) is 5.98. The Balaban J connectivity index is 1.20. The quantitative estimate of drug-likeness (QED) is 0.111. The van der Waals surface area contributed by atoms with Crippen molar-refractivity contribution >= 4 is 85.2 Å². The van der Waals surface area contributed by atoms with E-state index in [4.69, 9.17) is 0 Å². The summed E-state index contributed by atoms with van der Waals surface area (Å²) in [6.45, 7) is 0. The minimum Gasteiger partial charge on any atom is -0.322 e. The zero-order chi connectivity index (χ0) is 29.1. The highest BCUT2D eigenvalue weighted by atomic mass is 32.2. The molecule has 9 nitrogen and oxygen atoms in total. The highest BCUT2D eigenvalue weighted by Gasteiger charge is 2.25. The Kier molecular flexibility index (Phi) is 7.82. The number of thiazole rings is 1. The van der Waals surface area contributed by atoms with E-state index < -0.39 is 4.92 Å². The maximum absolute atomic E-state index is 12.5. The van der Waals surface area contributed by atoms with E-state index in [0.29, 0.717) is 41.8 Å². The lowest BCUT2D eigenvalue weighted by Crippen LogP contribution is -2.19. The van der Waals surface area contributed by atoms with Crippen molar-refractivity contribution in [1.29, 1.82) is 0 Å². The smallest absolute Gasteiger partial charge is 0.283 e. The van der Waals surface area contributed by atoms with Crippen LogP contribution in [0.4, 0.5) is 17.1 Å². The van der Waals surface area contributed by atoms with Crippen molar-refractivity contribution in [2.45, 2.75) is 9.24 Å². The van der Waals surface area contributed by atoms with Gasteiger partial charge in [0.1, 0.15) is 0 Å².